The van der Waals surface area contributed by atoms with Gasteiger partial charge in [0.1, 0.15) is 12.1 Å². The number of aliphatic hydroxyl groups excluding tert-OH is 2. The van der Waals surface area contributed by atoms with Crippen molar-refractivity contribution in [1.82, 2.24) is 5.32 Å². The predicted octanol–water partition coefficient (Wildman–Crippen LogP) is -2.22. The average Bonchev–Trinajstić information content (AvgIpc) is 2.52. The minimum atomic E-state index is -0.863. The van der Waals surface area contributed by atoms with E-state index in [2.05, 4.69) is 10.3 Å². The van der Waals surface area contributed by atoms with Crippen molar-refractivity contribution < 1.29 is 14.9 Å². The molecule has 6 nitrogen and oxygen atoms in total. The Bertz CT molecular complexity index is 258. The summed E-state index contributed by atoms with van der Waals surface area (Å²) in [6, 6.07) is -0.747. The summed E-state index contributed by atoms with van der Waals surface area (Å²) >= 11 is 0. The van der Waals surface area contributed by atoms with Gasteiger partial charge >= 0.3 is 0 Å². The molecule has 2 heterocycles. The zero-order valence-electron chi connectivity index (χ0n) is 7.92. The Balaban J connectivity index is 2.14. The molecule has 5 N–H and O–H groups in total. The van der Waals surface area contributed by atoms with Crippen LogP contribution in [0, 0.1) is 0 Å². The number of amidine groups is 1. The van der Waals surface area contributed by atoms with Crippen molar-refractivity contribution in [2.24, 2.45) is 10.7 Å². The Labute approximate surface area is 81.8 Å². The van der Waals surface area contributed by atoms with Crippen molar-refractivity contribution in [3.8, 4) is 0 Å². The molecule has 0 spiro atoms. The highest BCUT2D eigenvalue weighted by atomic mass is 16.5. The molecule has 0 saturated carbocycles. The van der Waals surface area contributed by atoms with Gasteiger partial charge in [-0.2, -0.15) is 0 Å². The Kier molecular flexibility index (Phi) is 2.44. The molecule has 2 aliphatic rings. The lowest BCUT2D eigenvalue weighted by molar-refractivity contribution is -0.149. The van der Waals surface area contributed by atoms with E-state index in [1.807, 2.05) is 6.92 Å². The molecular weight excluding hydrogens is 186 g/mol. The fraction of sp³-hybridized carbons (Fsp3) is 0.875. The standard InChI is InChI=1S/C8H15N3O3/c1-3-10-6-5(9)7(13)4(2-12)14-8(6)11-3/h4-8,12-13H,2,9H2,1H3,(H,10,11)/t4-,5-,6+,7+,8-/m1/s1. The minimum absolute atomic E-state index is 0.237. The molecule has 2 aliphatic heterocycles. The third kappa shape index (κ3) is 1.40. The van der Waals surface area contributed by atoms with Gasteiger partial charge in [0.05, 0.1) is 24.6 Å². The summed E-state index contributed by atoms with van der Waals surface area (Å²) in [6.07, 6.45) is -1.80. The van der Waals surface area contributed by atoms with Crippen LogP contribution in [0.3, 0.4) is 0 Å². The van der Waals surface area contributed by atoms with Crippen LogP contribution in [0.1, 0.15) is 6.92 Å². The first kappa shape index (κ1) is 9.85. The number of aliphatic hydroxyl groups is 2. The molecule has 0 bridgehead atoms. The molecule has 14 heavy (non-hydrogen) atoms. The normalized spacial score (nSPS) is 46.9. The van der Waals surface area contributed by atoms with E-state index in [-0.39, 0.29) is 18.9 Å². The van der Waals surface area contributed by atoms with Crippen molar-refractivity contribution in [3.63, 3.8) is 0 Å². The summed E-state index contributed by atoms with van der Waals surface area (Å²) in [6.45, 7) is 1.58. The van der Waals surface area contributed by atoms with Gasteiger partial charge < -0.3 is 26.0 Å². The molecule has 80 valence electrons. The van der Waals surface area contributed by atoms with Crippen LogP contribution in [0.5, 0.6) is 0 Å². The molecule has 1 saturated heterocycles. The highest BCUT2D eigenvalue weighted by Gasteiger charge is 2.45. The van der Waals surface area contributed by atoms with Gasteiger partial charge in [-0.15, -0.1) is 0 Å². The van der Waals surface area contributed by atoms with Crippen LogP contribution in [0.15, 0.2) is 4.99 Å². The van der Waals surface area contributed by atoms with Crippen LogP contribution in [-0.4, -0.2) is 53.2 Å². The van der Waals surface area contributed by atoms with E-state index in [0.717, 1.165) is 5.84 Å². The number of nitrogens with two attached hydrogens (primary N) is 1. The van der Waals surface area contributed by atoms with E-state index in [1.54, 1.807) is 0 Å². The summed E-state index contributed by atoms with van der Waals surface area (Å²) in [5.74, 6) is 0.751. The van der Waals surface area contributed by atoms with Gasteiger partial charge in [0, 0.05) is 0 Å². The lowest BCUT2D eigenvalue weighted by Crippen LogP contribution is -2.62. The minimum Gasteiger partial charge on any atom is -0.394 e. The molecule has 5 atom stereocenters. The summed E-state index contributed by atoms with van der Waals surface area (Å²) < 4.78 is 5.41. The van der Waals surface area contributed by atoms with Gasteiger partial charge in [0.25, 0.3) is 0 Å². The molecule has 0 aliphatic carbocycles. The van der Waals surface area contributed by atoms with Crippen LogP contribution in [-0.2, 0) is 4.74 Å². The van der Waals surface area contributed by atoms with Crippen LogP contribution >= 0.6 is 0 Å². The second kappa shape index (κ2) is 3.47. The average molecular weight is 201 g/mol. The van der Waals surface area contributed by atoms with Crippen molar-refractivity contribution in [1.29, 1.82) is 0 Å². The number of hydrogen-bond donors (Lipinski definition) is 4. The monoisotopic (exact) mass is 201 g/mol. The quantitative estimate of drug-likeness (QED) is 0.385. The summed E-state index contributed by atoms with van der Waals surface area (Å²) in [5.41, 5.74) is 5.80. The lowest BCUT2D eigenvalue weighted by Gasteiger charge is -2.38. The van der Waals surface area contributed by atoms with Crippen LogP contribution in [0.2, 0.25) is 0 Å². The molecule has 6 heteroatoms. The van der Waals surface area contributed by atoms with Crippen molar-refractivity contribution in [2.75, 3.05) is 6.61 Å². The number of nitrogens with zero attached hydrogens (tertiary/aromatic N) is 1. The topological polar surface area (TPSA) is 100 Å². The third-order valence-corrected chi connectivity index (χ3v) is 2.68. The Hall–Kier alpha value is -0.690. The maximum atomic E-state index is 9.66. The van der Waals surface area contributed by atoms with E-state index < -0.39 is 18.2 Å². The van der Waals surface area contributed by atoms with Gasteiger partial charge in [0.15, 0.2) is 6.23 Å². The largest absolute Gasteiger partial charge is 0.394 e. The Morgan fingerprint density at radius 3 is 3.00 bits per heavy atom. The predicted molar refractivity (Wildman–Crippen MR) is 49.8 cm³/mol. The van der Waals surface area contributed by atoms with Crippen LogP contribution in [0.4, 0.5) is 0 Å². The fourth-order valence-electron chi connectivity index (χ4n) is 1.89. The highest BCUT2D eigenvalue weighted by Crippen LogP contribution is 2.23. The number of hydrogen-bond acceptors (Lipinski definition) is 6. The fourth-order valence-corrected chi connectivity index (χ4v) is 1.89. The number of nitrogens with one attached hydrogen (secondary N) is 1. The first-order valence-electron chi connectivity index (χ1n) is 4.64. The van der Waals surface area contributed by atoms with E-state index in [1.165, 1.54) is 0 Å². The summed E-state index contributed by atoms with van der Waals surface area (Å²) in [7, 11) is 0. The van der Waals surface area contributed by atoms with E-state index in [4.69, 9.17) is 15.6 Å². The van der Waals surface area contributed by atoms with Gasteiger partial charge in [-0.3, -0.25) is 4.99 Å². The van der Waals surface area contributed by atoms with Gasteiger partial charge in [-0.05, 0) is 6.92 Å². The van der Waals surface area contributed by atoms with Crippen molar-refractivity contribution in [3.05, 3.63) is 0 Å². The van der Waals surface area contributed by atoms with E-state index in [0.29, 0.717) is 0 Å². The maximum absolute atomic E-state index is 9.66. The summed E-state index contributed by atoms with van der Waals surface area (Å²) in [5, 5.41) is 21.6. The number of rotatable bonds is 1. The zero-order valence-corrected chi connectivity index (χ0v) is 7.92. The molecule has 0 radical (unpaired) electrons. The van der Waals surface area contributed by atoms with Crippen molar-refractivity contribution >= 4 is 5.84 Å². The van der Waals surface area contributed by atoms with Gasteiger partial charge in [0.2, 0.25) is 0 Å². The number of fused-ring (bicyclic) bond motifs is 1. The smallest absolute Gasteiger partial charge is 0.153 e. The molecule has 0 aromatic rings. The molecule has 0 aromatic heterocycles. The zero-order chi connectivity index (χ0) is 10.3. The van der Waals surface area contributed by atoms with Crippen LogP contribution in [0.25, 0.3) is 0 Å². The molecule has 0 amide bonds. The first-order chi connectivity index (χ1) is 6.63. The lowest BCUT2D eigenvalue weighted by atomic mass is 9.95. The Morgan fingerprint density at radius 2 is 2.36 bits per heavy atom. The van der Waals surface area contributed by atoms with Gasteiger partial charge in [-0.1, -0.05) is 0 Å². The second-order valence-electron chi connectivity index (χ2n) is 3.70. The molecule has 1 fully saturated rings. The van der Waals surface area contributed by atoms with Crippen LogP contribution < -0.4 is 11.1 Å². The van der Waals surface area contributed by atoms with E-state index in [9.17, 15) is 5.11 Å². The molecular formula is C8H15N3O3. The van der Waals surface area contributed by atoms with Crippen molar-refractivity contribution in [2.45, 2.75) is 37.4 Å². The highest BCUT2D eigenvalue weighted by molar-refractivity contribution is 5.81. The molecule has 2 rings (SSSR count). The summed E-state index contributed by atoms with van der Waals surface area (Å²) in [4.78, 5) is 4.22. The van der Waals surface area contributed by atoms with E-state index >= 15 is 0 Å². The van der Waals surface area contributed by atoms with Gasteiger partial charge in [-0.25, -0.2) is 0 Å². The molecule has 0 aromatic carbocycles. The second-order valence-corrected chi connectivity index (χ2v) is 3.70. The number of ether oxygens (including phenoxy) is 1. The SMILES string of the molecule is CC1=N[C@H]2[C@@H](N)[C@@H](O)[C@@H](CO)O[C@H]2N1. The maximum Gasteiger partial charge on any atom is 0.153 e. The Morgan fingerprint density at radius 1 is 1.64 bits per heavy atom. The first-order valence-corrected chi connectivity index (χ1v) is 4.64. The molecule has 0 unspecified atom stereocenters. The number of aliphatic imine (C=N–C) groups is 1. The third-order valence-electron chi connectivity index (χ3n) is 2.68.